The van der Waals surface area contributed by atoms with Crippen molar-refractivity contribution in [3.05, 3.63) is 42.5 Å². The van der Waals surface area contributed by atoms with E-state index >= 15 is 0 Å². The van der Waals surface area contributed by atoms with E-state index in [4.69, 9.17) is 9.57 Å². The van der Waals surface area contributed by atoms with Gasteiger partial charge in [-0.3, -0.25) is 9.63 Å². The molecule has 3 heterocycles. The predicted molar refractivity (Wildman–Crippen MR) is 96.5 cm³/mol. The Hall–Kier alpha value is -1.69. The van der Waals surface area contributed by atoms with E-state index in [1.165, 1.54) is 5.06 Å². The molecule has 1 aromatic rings. The Labute approximate surface area is 153 Å². The summed E-state index contributed by atoms with van der Waals surface area (Å²) < 4.78 is 6.39. The molecule has 136 valence electrons. The summed E-state index contributed by atoms with van der Waals surface area (Å²) >= 11 is 0. The molecule has 0 radical (unpaired) electrons. The van der Waals surface area contributed by atoms with Crippen LogP contribution in [0.15, 0.2) is 36.9 Å². The number of benzene rings is 1. The average molecular weight is 352 g/mol. The minimum atomic E-state index is -0.669. The molecular weight excluding hydrogens is 328 g/mol. The Bertz CT molecular complexity index is 840. The second-order valence-corrected chi connectivity index (χ2v) is 8.70. The zero-order valence-electron chi connectivity index (χ0n) is 15.2. The van der Waals surface area contributed by atoms with E-state index in [0.29, 0.717) is 17.9 Å². The van der Waals surface area contributed by atoms with Gasteiger partial charge >= 0.3 is 0 Å². The van der Waals surface area contributed by atoms with Crippen molar-refractivity contribution in [2.45, 2.75) is 24.0 Å². The van der Waals surface area contributed by atoms with Crippen LogP contribution in [-0.2, 0) is 19.8 Å². The number of hydroxylamine groups is 1. The molecule has 0 N–H and O–H groups in total. The molecule has 2 aliphatic carbocycles. The van der Waals surface area contributed by atoms with E-state index in [9.17, 15) is 4.79 Å². The molecule has 6 rings (SSSR count). The maximum absolute atomic E-state index is 13.9. The van der Waals surface area contributed by atoms with Crippen LogP contribution in [-0.4, -0.2) is 50.3 Å². The number of likely N-dealkylation sites (tertiary alicyclic amines) is 1. The largest absolute Gasteiger partial charge is 0.376 e. The summed E-state index contributed by atoms with van der Waals surface area (Å²) in [5.74, 6) is 1.31. The van der Waals surface area contributed by atoms with Gasteiger partial charge in [-0.1, -0.05) is 24.3 Å². The molecule has 4 unspecified atom stereocenters. The first-order valence-corrected chi connectivity index (χ1v) is 9.55. The van der Waals surface area contributed by atoms with E-state index in [1.54, 1.807) is 7.11 Å². The normalized spacial score (nSPS) is 47.8. The zero-order chi connectivity index (χ0) is 17.8. The lowest BCUT2D eigenvalue weighted by Gasteiger charge is -2.54. The minimum Gasteiger partial charge on any atom is -0.376 e. The van der Waals surface area contributed by atoms with Gasteiger partial charge < -0.3 is 9.64 Å². The van der Waals surface area contributed by atoms with E-state index in [0.717, 1.165) is 30.8 Å². The molecule has 26 heavy (non-hydrogen) atoms. The Morgan fingerprint density at radius 1 is 1.38 bits per heavy atom. The molecule has 5 nitrogen and oxygen atoms in total. The molecule has 1 aromatic carbocycles. The molecule has 2 saturated heterocycles. The van der Waals surface area contributed by atoms with Crippen LogP contribution < -0.4 is 5.06 Å². The van der Waals surface area contributed by atoms with Gasteiger partial charge in [-0.05, 0) is 31.0 Å². The van der Waals surface area contributed by atoms with E-state index in [2.05, 4.69) is 30.7 Å². The topological polar surface area (TPSA) is 42.0 Å². The van der Waals surface area contributed by atoms with Crippen LogP contribution in [0, 0.1) is 23.2 Å². The molecule has 5 heteroatoms. The third-order valence-corrected chi connectivity index (χ3v) is 8.22. The van der Waals surface area contributed by atoms with Crippen LogP contribution in [0.3, 0.4) is 0 Å². The smallest absolute Gasteiger partial charge is 0.264 e. The summed E-state index contributed by atoms with van der Waals surface area (Å²) in [5, 5.41) is 1.50. The van der Waals surface area contributed by atoms with Crippen molar-refractivity contribution in [2.75, 3.05) is 32.4 Å². The quantitative estimate of drug-likeness (QED) is 0.764. The summed E-state index contributed by atoms with van der Waals surface area (Å²) in [5.41, 5.74) is 1.27. The highest BCUT2D eigenvalue weighted by Gasteiger charge is 2.80. The Morgan fingerprint density at radius 2 is 2.19 bits per heavy atom. The zero-order valence-corrected chi connectivity index (χ0v) is 15.2. The lowest BCUT2D eigenvalue weighted by atomic mass is 9.51. The number of piperidine rings is 1. The fraction of sp³-hybridized carbons (Fsp3) is 0.571. The number of rotatable bonds is 2. The number of hydrogen-bond acceptors (Lipinski definition) is 4. The number of fused-ring (bicyclic) bond motifs is 5. The van der Waals surface area contributed by atoms with Crippen LogP contribution in [0.1, 0.15) is 12.0 Å². The van der Waals surface area contributed by atoms with Crippen molar-refractivity contribution in [1.82, 2.24) is 4.90 Å². The second kappa shape index (κ2) is 4.58. The number of carbonyl (C=O) groups excluding carboxylic acids is 1. The SMILES string of the molecule is C=CC12CN(C)C3C4CO[C@H](C[C@H]41)[C@]1(C(=O)N(OC)c4ccccc41)C32. The Balaban J connectivity index is 1.68. The fourth-order valence-corrected chi connectivity index (χ4v) is 7.64. The van der Waals surface area contributed by atoms with Gasteiger partial charge in [0.1, 0.15) is 5.41 Å². The van der Waals surface area contributed by atoms with Crippen LogP contribution in [0.4, 0.5) is 5.69 Å². The van der Waals surface area contributed by atoms with Crippen molar-refractivity contribution in [3.8, 4) is 0 Å². The van der Waals surface area contributed by atoms with Gasteiger partial charge in [0.05, 0.1) is 25.5 Å². The van der Waals surface area contributed by atoms with Crippen LogP contribution in [0.25, 0.3) is 0 Å². The minimum absolute atomic E-state index is 0.0170. The second-order valence-electron chi connectivity index (χ2n) is 8.70. The van der Waals surface area contributed by atoms with Gasteiger partial charge in [0.2, 0.25) is 0 Å². The fourth-order valence-electron chi connectivity index (χ4n) is 7.64. The first-order chi connectivity index (χ1) is 12.6. The third-order valence-electron chi connectivity index (χ3n) is 8.22. The van der Waals surface area contributed by atoms with Crippen molar-refractivity contribution < 1.29 is 14.4 Å². The van der Waals surface area contributed by atoms with Crippen molar-refractivity contribution in [3.63, 3.8) is 0 Å². The maximum atomic E-state index is 13.9. The summed E-state index contributed by atoms with van der Waals surface area (Å²) in [6, 6.07) is 8.47. The van der Waals surface area contributed by atoms with Gasteiger partial charge in [0.25, 0.3) is 5.91 Å². The number of para-hydroxylation sites is 1. The molecule has 1 spiro atoms. The number of nitrogens with zero attached hydrogens (tertiary/aromatic N) is 2. The van der Waals surface area contributed by atoms with E-state index in [-0.39, 0.29) is 23.3 Å². The maximum Gasteiger partial charge on any atom is 0.264 e. The molecule has 0 aromatic heterocycles. The van der Waals surface area contributed by atoms with Gasteiger partial charge in [-0.25, -0.2) is 0 Å². The van der Waals surface area contributed by atoms with Gasteiger partial charge in [-0.2, -0.15) is 5.06 Å². The predicted octanol–water partition coefficient (Wildman–Crippen LogP) is 1.98. The standard InChI is InChI=1S/C21H24N2O3/c1-4-20-11-22(2)17-12-10-26-16(9-14(12)20)21(18(17)20)13-7-5-6-8-15(13)23(25-3)19(21)24/h4-8,12,14,16-18H,1,9-11H2,2-3H3/t12?,14-,16-,17?,18?,20?,21+/m1/s1. The van der Waals surface area contributed by atoms with Gasteiger partial charge in [0.15, 0.2) is 0 Å². The molecule has 3 aliphatic heterocycles. The number of amides is 1. The number of anilines is 1. The van der Waals surface area contributed by atoms with Gasteiger partial charge in [-0.15, -0.1) is 6.58 Å². The molecule has 5 bridgehead atoms. The van der Waals surface area contributed by atoms with Crippen molar-refractivity contribution in [1.29, 1.82) is 0 Å². The first kappa shape index (κ1) is 15.4. The van der Waals surface area contributed by atoms with Gasteiger partial charge in [0, 0.05) is 29.8 Å². The lowest BCUT2D eigenvalue weighted by molar-refractivity contribution is -0.159. The van der Waals surface area contributed by atoms with Crippen molar-refractivity contribution in [2.24, 2.45) is 23.2 Å². The van der Waals surface area contributed by atoms with E-state index in [1.807, 2.05) is 18.2 Å². The van der Waals surface area contributed by atoms with Crippen LogP contribution >= 0.6 is 0 Å². The van der Waals surface area contributed by atoms with E-state index < -0.39 is 5.41 Å². The highest BCUT2D eigenvalue weighted by molar-refractivity contribution is 6.08. The Morgan fingerprint density at radius 3 is 2.96 bits per heavy atom. The summed E-state index contributed by atoms with van der Waals surface area (Å²) in [4.78, 5) is 21.9. The number of carbonyl (C=O) groups is 1. The van der Waals surface area contributed by atoms with Crippen molar-refractivity contribution >= 4 is 11.6 Å². The Kier molecular flexibility index (Phi) is 2.71. The molecular formula is C21H24N2O3. The summed E-state index contributed by atoms with van der Waals surface area (Å²) in [6.07, 6.45) is 3.04. The van der Waals surface area contributed by atoms with Crippen LogP contribution in [0.5, 0.6) is 0 Å². The monoisotopic (exact) mass is 352 g/mol. The third kappa shape index (κ3) is 1.30. The highest BCUT2D eigenvalue weighted by atomic mass is 16.7. The molecule has 1 amide bonds. The number of hydrogen-bond donors (Lipinski definition) is 0. The summed E-state index contributed by atoms with van der Waals surface area (Å²) in [7, 11) is 3.78. The lowest BCUT2D eigenvalue weighted by Crippen LogP contribution is -2.63. The first-order valence-electron chi connectivity index (χ1n) is 9.55. The van der Waals surface area contributed by atoms with Crippen LogP contribution in [0.2, 0.25) is 0 Å². The highest BCUT2D eigenvalue weighted by Crippen LogP contribution is 2.73. The molecule has 4 fully saturated rings. The average Bonchev–Trinajstić information content (AvgIpc) is 3.13. The molecule has 7 atom stereocenters. The number of ether oxygens (including phenoxy) is 1. The molecule has 2 saturated carbocycles. The molecule has 5 aliphatic rings. The summed E-state index contributed by atoms with van der Waals surface area (Å²) in [6.45, 7) is 6.00.